The topological polar surface area (TPSA) is 21.3 Å². The fraction of sp³-hybridized carbons (Fsp3) is 0.250. The average Bonchev–Trinajstić information content (AvgIpc) is 2.51. The first-order chi connectivity index (χ1) is 10.1. The molecule has 5 heteroatoms. The minimum atomic E-state index is -0.427. The van der Waals surface area contributed by atoms with Crippen LogP contribution in [0.5, 0.6) is 5.75 Å². The van der Waals surface area contributed by atoms with Crippen LogP contribution in [0.3, 0.4) is 0 Å². The zero-order valence-electron chi connectivity index (χ0n) is 11.9. The van der Waals surface area contributed by atoms with Crippen LogP contribution in [0.15, 0.2) is 47.4 Å². The molecule has 1 unspecified atom stereocenters. The van der Waals surface area contributed by atoms with Gasteiger partial charge in [0, 0.05) is 16.7 Å². The van der Waals surface area contributed by atoms with Gasteiger partial charge in [0.05, 0.1) is 7.11 Å². The number of benzene rings is 2. The lowest BCUT2D eigenvalue weighted by atomic mass is 10.1. The van der Waals surface area contributed by atoms with Crippen molar-refractivity contribution in [1.82, 2.24) is 5.32 Å². The van der Waals surface area contributed by atoms with Crippen molar-refractivity contribution < 1.29 is 13.5 Å². The molecule has 112 valence electrons. The second-order valence-corrected chi connectivity index (χ2v) is 5.56. The maximum atomic E-state index is 13.6. The van der Waals surface area contributed by atoms with E-state index in [4.69, 9.17) is 4.74 Å². The summed E-state index contributed by atoms with van der Waals surface area (Å²) < 4.78 is 31.9. The first-order valence-corrected chi connectivity index (χ1v) is 7.51. The molecule has 0 radical (unpaired) electrons. The minimum absolute atomic E-state index is 0.0450. The maximum Gasteiger partial charge on any atom is 0.136 e. The summed E-state index contributed by atoms with van der Waals surface area (Å²) >= 11 is 1.29. The van der Waals surface area contributed by atoms with E-state index in [1.807, 2.05) is 31.3 Å². The second kappa shape index (κ2) is 7.43. The van der Waals surface area contributed by atoms with E-state index in [0.717, 1.165) is 23.4 Å². The van der Waals surface area contributed by atoms with E-state index in [2.05, 4.69) is 5.32 Å². The predicted molar refractivity (Wildman–Crippen MR) is 81.9 cm³/mol. The Hall–Kier alpha value is -1.59. The van der Waals surface area contributed by atoms with E-state index in [-0.39, 0.29) is 6.04 Å². The Balaban J connectivity index is 2.06. The molecule has 1 atom stereocenters. The molecule has 1 N–H and O–H groups in total. The highest BCUT2D eigenvalue weighted by molar-refractivity contribution is 7.99. The predicted octanol–water partition coefficient (Wildman–Crippen LogP) is 4.03. The van der Waals surface area contributed by atoms with Crippen molar-refractivity contribution in [2.45, 2.75) is 10.9 Å². The Labute approximate surface area is 127 Å². The number of ether oxygens (including phenoxy) is 1. The molecule has 0 aliphatic heterocycles. The maximum absolute atomic E-state index is 13.6. The summed E-state index contributed by atoms with van der Waals surface area (Å²) in [5, 5.41) is 3.18. The number of thioether (sulfide) groups is 1. The van der Waals surface area contributed by atoms with Gasteiger partial charge in [-0.3, -0.25) is 0 Å². The Bertz CT molecular complexity index is 589. The molecular formula is C16H17F2NOS. The van der Waals surface area contributed by atoms with Crippen LogP contribution in [-0.4, -0.2) is 19.9 Å². The molecule has 0 bridgehead atoms. The summed E-state index contributed by atoms with van der Waals surface area (Å²) in [4.78, 5) is 0.323. The van der Waals surface area contributed by atoms with Crippen LogP contribution < -0.4 is 10.1 Å². The van der Waals surface area contributed by atoms with Crippen LogP contribution in [0.1, 0.15) is 11.6 Å². The quantitative estimate of drug-likeness (QED) is 0.814. The van der Waals surface area contributed by atoms with Crippen LogP contribution in [0, 0.1) is 11.6 Å². The van der Waals surface area contributed by atoms with E-state index >= 15 is 0 Å². The molecule has 21 heavy (non-hydrogen) atoms. The highest BCUT2D eigenvalue weighted by Gasteiger charge is 2.12. The number of rotatable bonds is 6. The Morgan fingerprint density at radius 2 is 1.86 bits per heavy atom. The van der Waals surface area contributed by atoms with E-state index in [9.17, 15) is 8.78 Å². The van der Waals surface area contributed by atoms with Crippen molar-refractivity contribution in [3.63, 3.8) is 0 Å². The van der Waals surface area contributed by atoms with Crippen molar-refractivity contribution in [3.05, 3.63) is 59.7 Å². The monoisotopic (exact) mass is 309 g/mol. The summed E-state index contributed by atoms with van der Waals surface area (Å²) in [5.74, 6) is 0.566. The van der Waals surface area contributed by atoms with Gasteiger partial charge in [-0.25, -0.2) is 8.78 Å². The Kier molecular flexibility index (Phi) is 5.59. The number of hydrogen-bond acceptors (Lipinski definition) is 3. The normalized spacial score (nSPS) is 12.2. The lowest BCUT2D eigenvalue weighted by molar-refractivity contribution is 0.414. The fourth-order valence-electron chi connectivity index (χ4n) is 1.94. The standard InChI is InChI=1S/C16H17F2NOS/c1-19-15(11-3-6-13(20-2)7-4-11)10-21-16-9-12(17)5-8-14(16)18/h3-9,15,19H,10H2,1-2H3. The highest BCUT2D eigenvalue weighted by Crippen LogP contribution is 2.28. The lowest BCUT2D eigenvalue weighted by Crippen LogP contribution is -2.18. The largest absolute Gasteiger partial charge is 0.497 e. The molecule has 0 aliphatic rings. The first-order valence-electron chi connectivity index (χ1n) is 6.53. The van der Waals surface area contributed by atoms with E-state index in [1.54, 1.807) is 7.11 Å². The highest BCUT2D eigenvalue weighted by atomic mass is 32.2. The van der Waals surface area contributed by atoms with Crippen molar-refractivity contribution in [3.8, 4) is 5.75 Å². The van der Waals surface area contributed by atoms with Crippen molar-refractivity contribution in [2.75, 3.05) is 19.9 Å². The van der Waals surface area contributed by atoms with Gasteiger partial charge in [0.25, 0.3) is 0 Å². The van der Waals surface area contributed by atoms with Gasteiger partial charge in [0.2, 0.25) is 0 Å². The average molecular weight is 309 g/mol. The summed E-state index contributed by atoms with van der Waals surface area (Å²) in [7, 11) is 3.46. The van der Waals surface area contributed by atoms with Gasteiger partial charge in [0.15, 0.2) is 0 Å². The third kappa shape index (κ3) is 4.19. The molecule has 0 aliphatic carbocycles. The van der Waals surface area contributed by atoms with Gasteiger partial charge >= 0.3 is 0 Å². The van der Waals surface area contributed by atoms with Crippen molar-refractivity contribution in [1.29, 1.82) is 0 Å². The van der Waals surface area contributed by atoms with Gasteiger partial charge in [-0.1, -0.05) is 12.1 Å². The molecule has 2 aromatic carbocycles. The molecule has 2 nitrogen and oxygen atoms in total. The van der Waals surface area contributed by atoms with Crippen LogP contribution in [0.2, 0.25) is 0 Å². The SMILES string of the molecule is CNC(CSc1cc(F)ccc1F)c1ccc(OC)cc1. The van der Waals surface area contributed by atoms with Gasteiger partial charge in [-0.05, 0) is 42.9 Å². The number of halogens is 2. The Morgan fingerprint density at radius 3 is 2.48 bits per heavy atom. The molecule has 0 saturated heterocycles. The van der Waals surface area contributed by atoms with Gasteiger partial charge < -0.3 is 10.1 Å². The molecule has 0 spiro atoms. The number of hydrogen-bond donors (Lipinski definition) is 1. The fourth-order valence-corrected chi connectivity index (χ4v) is 3.05. The van der Waals surface area contributed by atoms with Crippen LogP contribution >= 0.6 is 11.8 Å². The van der Waals surface area contributed by atoms with E-state index in [0.29, 0.717) is 10.6 Å². The second-order valence-electron chi connectivity index (χ2n) is 4.50. The Morgan fingerprint density at radius 1 is 1.14 bits per heavy atom. The molecule has 0 amide bonds. The van der Waals surface area contributed by atoms with Gasteiger partial charge in [-0.2, -0.15) is 0 Å². The molecule has 0 heterocycles. The molecule has 0 fully saturated rings. The van der Waals surface area contributed by atoms with E-state index < -0.39 is 11.6 Å². The summed E-state index contributed by atoms with van der Waals surface area (Å²) in [6.07, 6.45) is 0. The third-order valence-electron chi connectivity index (χ3n) is 3.17. The number of methoxy groups -OCH3 is 1. The van der Waals surface area contributed by atoms with Gasteiger partial charge in [0.1, 0.15) is 17.4 Å². The van der Waals surface area contributed by atoms with Crippen molar-refractivity contribution >= 4 is 11.8 Å². The van der Waals surface area contributed by atoms with Crippen LogP contribution in [0.25, 0.3) is 0 Å². The van der Waals surface area contributed by atoms with Gasteiger partial charge in [-0.15, -0.1) is 11.8 Å². The van der Waals surface area contributed by atoms with Crippen LogP contribution in [-0.2, 0) is 0 Å². The molecule has 2 rings (SSSR count). The van der Waals surface area contributed by atoms with Crippen molar-refractivity contribution in [2.24, 2.45) is 0 Å². The first kappa shape index (κ1) is 15.8. The van der Waals surface area contributed by atoms with Crippen LogP contribution in [0.4, 0.5) is 8.78 Å². The molecule has 2 aromatic rings. The number of nitrogens with one attached hydrogen (secondary N) is 1. The zero-order valence-corrected chi connectivity index (χ0v) is 12.7. The summed E-state index contributed by atoms with van der Waals surface area (Å²) in [6.45, 7) is 0. The molecular weight excluding hydrogens is 292 g/mol. The third-order valence-corrected chi connectivity index (χ3v) is 4.29. The summed E-state index contributed by atoms with van der Waals surface area (Å²) in [6, 6.07) is 11.2. The van der Waals surface area contributed by atoms with E-state index in [1.165, 1.54) is 17.8 Å². The smallest absolute Gasteiger partial charge is 0.136 e. The lowest BCUT2D eigenvalue weighted by Gasteiger charge is -2.17. The minimum Gasteiger partial charge on any atom is -0.497 e. The molecule has 0 aromatic heterocycles. The summed E-state index contributed by atoms with van der Waals surface area (Å²) in [5.41, 5.74) is 1.07. The zero-order chi connectivity index (χ0) is 15.2. The molecule has 0 saturated carbocycles.